The smallest absolute Gasteiger partial charge is 0.266 e. The molecule has 3 aromatic rings. The molecule has 3 aromatic carbocycles. The highest BCUT2D eigenvalue weighted by Crippen LogP contribution is 2.60. The molecule has 3 aliphatic rings. The molecule has 0 aliphatic carbocycles. The van der Waals surface area contributed by atoms with Gasteiger partial charge >= 0.3 is 0 Å². The minimum absolute atomic E-state index is 0.176. The average Bonchev–Trinajstić information content (AvgIpc) is 3.31. The zero-order valence-corrected chi connectivity index (χ0v) is 24.3. The number of benzene rings is 3. The summed E-state index contributed by atoms with van der Waals surface area (Å²) in [5, 5.41) is 9.82. The molecule has 1 spiro atoms. The first-order chi connectivity index (χ1) is 19.6. The van der Waals surface area contributed by atoms with Gasteiger partial charge in [0.05, 0.1) is 23.0 Å². The summed E-state index contributed by atoms with van der Waals surface area (Å²) >= 11 is 0. The normalized spacial score (nSPS) is 25.0. The first-order valence-electron chi connectivity index (χ1n) is 13.9. The second kappa shape index (κ2) is 9.94. The maximum Gasteiger partial charge on any atom is 0.266 e. The van der Waals surface area contributed by atoms with Gasteiger partial charge in [-0.2, -0.15) is 0 Å². The molecule has 41 heavy (non-hydrogen) atoms. The first-order valence-corrected chi connectivity index (χ1v) is 16.8. The van der Waals surface area contributed by atoms with E-state index >= 15 is 4.11 Å². The summed E-state index contributed by atoms with van der Waals surface area (Å²) in [6.07, 6.45) is 1.26. The lowest BCUT2D eigenvalue weighted by Crippen LogP contribution is -2.45. The molecule has 0 aromatic heterocycles. The van der Waals surface area contributed by atoms with Gasteiger partial charge < -0.3 is 23.6 Å². The van der Waals surface area contributed by atoms with Crippen molar-refractivity contribution < 1.29 is 28.3 Å². The third-order valence-electron chi connectivity index (χ3n) is 8.57. The van der Waals surface area contributed by atoms with Crippen LogP contribution in [0.2, 0.25) is 18.6 Å². The fourth-order valence-corrected chi connectivity index (χ4v) is 9.49. The molecule has 1 N–H and O–H groups in total. The summed E-state index contributed by atoms with van der Waals surface area (Å²) in [6.45, 7) is 9.04. The lowest BCUT2D eigenvalue weighted by atomic mass is 9.82. The third-order valence-corrected chi connectivity index (χ3v) is 11.0. The van der Waals surface area contributed by atoms with Crippen molar-refractivity contribution in [3.05, 3.63) is 90.5 Å². The van der Waals surface area contributed by atoms with E-state index in [9.17, 15) is 14.7 Å². The fraction of sp³-hybridized carbons (Fsp3) is 0.312. The number of aliphatic hydroxyl groups excluding tert-OH is 1. The standard InChI is InChI=1S/C32H33FN2O5Si/c1-5-17-34-24-15-14-21(35-25-11-7-9-13-27(25)39-26-12-8-6-10-22(26)30(35)37)19-23(24)32(31(34)38)20(2)29(41(3,4)33)28(40-32)16-18-36/h5-15,19-20,28-29,36H,1,16-18H2,2-4H3/t20-,28+,29-,32+/m1/s1. The Bertz CT molecular complexity index is 1560. The minimum atomic E-state index is -3.33. The number of carbonyl (C=O) groups is 2. The highest BCUT2D eigenvalue weighted by atomic mass is 28.4. The van der Waals surface area contributed by atoms with E-state index in [0.717, 1.165) is 0 Å². The van der Waals surface area contributed by atoms with Gasteiger partial charge in [0.15, 0.2) is 11.4 Å². The average molecular weight is 573 g/mol. The number of hydrogen-bond acceptors (Lipinski definition) is 5. The lowest BCUT2D eigenvalue weighted by Gasteiger charge is -2.31. The van der Waals surface area contributed by atoms with E-state index in [-0.39, 0.29) is 31.4 Å². The van der Waals surface area contributed by atoms with Gasteiger partial charge in [0.1, 0.15) is 5.75 Å². The molecule has 2 amide bonds. The highest BCUT2D eigenvalue weighted by molar-refractivity contribution is 6.72. The second-order valence-corrected chi connectivity index (χ2v) is 15.2. The van der Waals surface area contributed by atoms with Gasteiger partial charge in [-0.05, 0) is 62.0 Å². The van der Waals surface area contributed by atoms with Gasteiger partial charge in [-0.3, -0.25) is 14.5 Å². The quantitative estimate of drug-likeness (QED) is 0.208. The number of nitrogens with zero attached hydrogens (tertiary/aromatic N) is 2. The number of halogens is 1. The molecule has 0 bridgehead atoms. The van der Waals surface area contributed by atoms with Crippen molar-refractivity contribution >= 4 is 37.3 Å². The Hall–Kier alpha value is -3.79. The summed E-state index contributed by atoms with van der Waals surface area (Å²) in [7, 11) is -3.33. The predicted octanol–water partition coefficient (Wildman–Crippen LogP) is 6.46. The Labute approximate surface area is 240 Å². The van der Waals surface area contributed by atoms with Crippen LogP contribution in [0.5, 0.6) is 11.5 Å². The third kappa shape index (κ3) is 4.06. The van der Waals surface area contributed by atoms with E-state index in [0.29, 0.717) is 39.7 Å². The maximum atomic E-state index is 15.8. The van der Waals surface area contributed by atoms with Crippen molar-refractivity contribution in [2.24, 2.45) is 5.92 Å². The van der Waals surface area contributed by atoms with Crippen molar-refractivity contribution in [2.45, 2.75) is 43.7 Å². The predicted molar refractivity (Wildman–Crippen MR) is 158 cm³/mol. The maximum absolute atomic E-state index is 15.8. The number of aliphatic hydroxyl groups is 1. The number of hydrogen-bond donors (Lipinski definition) is 1. The molecule has 3 aliphatic heterocycles. The molecular weight excluding hydrogens is 539 g/mol. The molecule has 4 atom stereocenters. The van der Waals surface area contributed by atoms with E-state index in [1.54, 1.807) is 53.2 Å². The topological polar surface area (TPSA) is 79.3 Å². The van der Waals surface area contributed by atoms with Gasteiger partial charge in [0.2, 0.25) is 8.41 Å². The van der Waals surface area contributed by atoms with Crippen LogP contribution in [-0.4, -0.2) is 44.6 Å². The molecule has 1 fully saturated rings. The van der Waals surface area contributed by atoms with Crippen LogP contribution in [0.15, 0.2) is 79.4 Å². The van der Waals surface area contributed by atoms with Crippen molar-refractivity contribution in [1.82, 2.24) is 0 Å². The van der Waals surface area contributed by atoms with Crippen molar-refractivity contribution in [3.63, 3.8) is 0 Å². The van der Waals surface area contributed by atoms with Gasteiger partial charge in [-0.15, -0.1) is 6.58 Å². The molecule has 3 heterocycles. The zero-order chi connectivity index (χ0) is 29.1. The molecular formula is C32H33FN2O5Si. The van der Waals surface area contributed by atoms with Crippen molar-refractivity contribution in [3.8, 4) is 11.5 Å². The van der Waals surface area contributed by atoms with Crippen LogP contribution in [0, 0.1) is 5.92 Å². The fourth-order valence-electron chi connectivity index (χ4n) is 6.95. The van der Waals surface area contributed by atoms with Crippen LogP contribution in [0.3, 0.4) is 0 Å². The second-order valence-electron chi connectivity index (χ2n) is 11.4. The molecule has 212 valence electrons. The van der Waals surface area contributed by atoms with E-state index < -0.39 is 31.6 Å². The van der Waals surface area contributed by atoms with Crippen LogP contribution >= 0.6 is 0 Å². The number of rotatable bonds is 6. The number of anilines is 3. The lowest BCUT2D eigenvalue weighted by molar-refractivity contribution is -0.146. The first kappa shape index (κ1) is 27.4. The molecule has 0 saturated carbocycles. The van der Waals surface area contributed by atoms with Crippen LogP contribution < -0.4 is 14.5 Å². The molecule has 0 unspecified atom stereocenters. The van der Waals surface area contributed by atoms with Gasteiger partial charge in [0.25, 0.3) is 11.8 Å². The SMILES string of the molecule is C=CCN1C(=O)[C@@]2(O[C@@H](CCO)[C@H]([Si](C)(C)F)[C@H]2C)c2cc(N3C(=O)c4ccccc4Oc4ccccc43)ccc21. The van der Waals surface area contributed by atoms with E-state index in [2.05, 4.69) is 6.58 Å². The Balaban J connectivity index is 1.56. The largest absolute Gasteiger partial charge is 0.454 e. The Kier molecular flexibility index (Phi) is 6.64. The minimum Gasteiger partial charge on any atom is -0.454 e. The van der Waals surface area contributed by atoms with Gasteiger partial charge in [-0.25, -0.2) is 0 Å². The van der Waals surface area contributed by atoms with E-state index in [1.807, 2.05) is 49.4 Å². The summed E-state index contributed by atoms with van der Waals surface area (Å²) < 4.78 is 28.6. The summed E-state index contributed by atoms with van der Waals surface area (Å²) in [4.78, 5) is 31.5. The number of amides is 2. The number of para-hydroxylation sites is 3. The van der Waals surface area contributed by atoms with Crippen LogP contribution in [0.25, 0.3) is 0 Å². The highest BCUT2D eigenvalue weighted by Gasteiger charge is 2.66. The van der Waals surface area contributed by atoms with Crippen molar-refractivity contribution in [2.75, 3.05) is 23.0 Å². The number of carbonyl (C=O) groups excluding carboxylic acids is 2. The Morgan fingerprint density at radius 2 is 1.76 bits per heavy atom. The molecule has 0 radical (unpaired) electrons. The van der Waals surface area contributed by atoms with Crippen LogP contribution in [0.4, 0.5) is 21.2 Å². The van der Waals surface area contributed by atoms with Crippen LogP contribution in [0.1, 0.15) is 29.3 Å². The monoisotopic (exact) mass is 572 g/mol. The van der Waals surface area contributed by atoms with Gasteiger partial charge in [0, 0.05) is 35.9 Å². The Morgan fingerprint density at radius 1 is 1.05 bits per heavy atom. The molecule has 9 heteroatoms. The van der Waals surface area contributed by atoms with Crippen LogP contribution in [-0.2, 0) is 15.1 Å². The number of ether oxygens (including phenoxy) is 2. The molecule has 6 rings (SSSR count). The Morgan fingerprint density at radius 3 is 2.46 bits per heavy atom. The zero-order valence-electron chi connectivity index (χ0n) is 23.3. The summed E-state index contributed by atoms with van der Waals surface area (Å²) in [5.41, 5.74) is 0.744. The summed E-state index contributed by atoms with van der Waals surface area (Å²) in [5.74, 6) is -0.0881. The number of fused-ring (bicyclic) bond motifs is 4. The summed E-state index contributed by atoms with van der Waals surface area (Å²) in [6, 6.07) is 19.8. The molecule has 7 nitrogen and oxygen atoms in total. The molecule has 1 saturated heterocycles. The van der Waals surface area contributed by atoms with Crippen molar-refractivity contribution in [1.29, 1.82) is 0 Å². The van der Waals surface area contributed by atoms with E-state index in [1.165, 1.54) is 0 Å². The van der Waals surface area contributed by atoms with Gasteiger partial charge in [-0.1, -0.05) is 37.3 Å². The van der Waals surface area contributed by atoms with E-state index in [4.69, 9.17) is 9.47 Å².